The van der Waals surface area contributed by atoms with Gasteiger partial charge >= 0.3 is 0 Å². The lowest BCUT2D eigenvalue weighted by Gasteiger charge is -2.32. The summed E-state index contributed by atoms with van der Waals surface area (Å²) in [5, 5.41) is 2.69. The lowest BCUT2D eigenvalue weighted by atomic mass is 10.2. The number of anilines is 1. The SMILES string of the molecule is CN1CCN(CCCOc2ccc(-c3nc4c(NC=O)cccc4[nH]3)cc2)CC1. The van der Waals surface area contributed by atoms with Crippen LogP contribution in [0.25, 0.3) is 22.4 Å². The Morgan fingerprint density at radius 1 is 1.14 bits per heavy atom. The van der Waals surface area contributed by atoms with Crippen LogP contribution < -0.4 is 10.1 Å². The Morgan fingerprint density at radius 3 is 2.69 bits per heavy atom. The highest BCUT2D eigenvalue weighted by Gasteiger charge is 2.13. The normalized spacial score (nSPS) is 15.5. The maximum atomic E-state index is 10.8. The first-order chi connectivity index (χ1) is 14.2. The molecular weight excluding hydrogens is 366 g/mol. The van der Waals surface area contributed by atoms with Crippen molar-refractivity contribution in [1.82, 2.24) is 19.8 Å². The van der Waals surface area contributed by atoms with E-state index in [0.29, 0.717) is 12.1 Å². The van der Waals surface area contributed by atoms with Crippen LogP contribution in [-0.4, -0.2) is 72.6 Å². The first-order valence-corrected chi connectivity index (χ1v) is 10.1. The van der Waals surface area contributed by atoms with Crippen molar-refractivity contribution in [3.05, 3.63) is 42.5 Å². The summed E-state index contributed by atoms with van der Waals surface area (Å²) in [5.74, 6) is 1.63. The summed E-state index contributed by atoms with van der Waals surface area (Å²) in [5.41, 5.74) is 3.30. The van der Waals surface area contributed by atoms with Gasteiger partial charge in [0, 0.05) is 38.3 Å². The molecule has 0 saturated carbocycles. The zero-order chi connectivity index (χ0) is 20.1. The van der Waals surface area contributed by atoms with Crippen LogP contribution in [0.2, 0.25) is 0 Å². The number of hydrogen-bond donors (Lipinski definition) is 2. The minimum absolute atomic E-state index is 0.666. The number of carbonyl (C=O) groups is 1. The van der Waals surface area contributed by atoms with Crippen LogP contribution in [0.4, 0.5) is 5.69 Å². The molecule has 2 N–H and O–H groups in total. The number of carbonyl (C=O) groups excluding carboxylic acids is 1. The fourth-order valence-electron chi connectivity index (χ4n) is 3.61. The summed E-state index contributed by atoms with van der Waals surface area (Å²) in [4.78, 5) is 23.6. The van der Waals surface area contributed by atoms with Gasteiger partial charge in [-0.25, -0.2) is 4.98 Å². The van der Waals surface area contributed by atoms with Crippen molar-refractivity contribution in [1.29, 1.82) is 0 Å². The van der Waals surface area contributed by atoms with E-state index < -0.39 is 0 Å². The number of nitrogens with one attached hydrogen (secondary N) is 2. The second kappa shape index (κ2) is 9.07. The monoisotopic (exact) mass is 393 g/mol. The third kappa shape index (κ3) is 4.75. The number of piperazine rings is 1. The van der Waals surface area contributed by atoms with E-state index in [1.165, 1.54) is 0 Å². The molecule has 1 amide bonds. The second-order valence-electron chi connectivity index (χ2n) is 7.42. The van der Waals surface area contributed by atoms with Gasteiger partial charge in [0.1, 0.15) is 17.1 Å². The van der Waals surface area contributed by atoms with Crippen LogP contribution in [0.1, 0.15) is 6.42 Å². The number of nitrogens with zero attached hydrogens (tertiary/aromatic N) is 3. The van der Waals surface area contributed by atoms with Gasteiger partial charge in [-0.3, -0.25) is 4.79 Å². The number of aromatic nitrogens is 2. The molecule has 1 aromatic heterocycles. The zero-order valence-corrected chi connectivity index (χ0v) is 16.7. The van der Waals surface area contributed by atoms with Crippen LogP contribution in [0.5, 0.6) is 5.75 Å². The van der Waals surface area contributed by atoms with Gasteiger partial charge in [0.25, 0.3) is 0 Å². The fourth-order valence-corrected chi connectivity index (χ4v) is 3.61. The predicted molar refractivity (Wildman–Crippen MR) is 115 cm³/mol. The molecule has 0 radical (unpaired) electrons. The van der Waals surface area contributed by atoms with Crippen LogP contribution >= 0.6 is 0 Å². The lowest BCUT2D eigenvalue weighted by Crippen LogP contribution is -2.44. The van der Waals surface area contributed by atoms with Gasteiger partial charge < -0.3 is 24.8 Å². The molecule has 1 saturated heterocycles. The standard InChI is InChI=1S/C22H27N5O2/c1-26-11-13-27(14-12-26)10-3-15-29-18-8-6-17(7-9-18)22-24-20-5-2-4-19(23-16-28)21(20)25-22/h2,4-9,16H,3,10-15H2,1H3,(H,23,28)(H,24,25). The molecule has 7 heteroatoms. The maximum absolute atomic E-state index is 10.8. The van der Waals surface area contributed by atoms with Crippen molar-refractivity contribution in [2.45, 2.75) is 6.42 Å². The van der Waals surface area contributed by atoms with Gasteiger partial charge in [-0.05, 0) is 49.9 Å². The Hall–Kier alpha value is -2.90. The minimum Gasteiger partial charge on any atom is -0.494 e. The fraction of sp³-hybridized carbons (Fsp3) is 0.364. The Morgan fingerprint density at radius 2 is 1.93 bits per heavy atom. The highest BCUT2D eigenvalue weighted by atomic mass is 16.5. The van der Waals surface area contributed by atoms with E-state index in [4.69, 9.17) is 4.74 Å². The summed E-state index contributed by atoms with van der Waals surface area (Å²) in [6, 6.07) is 13.6. The van der Waals surface area contributed by atoms with E-state index in [-0.39, 0.29) is 0 Å². The molecular formula is C22H27N5O2. The number of fused-ring (bicyclic) bond motifs is 1. The summed E-state index contributed by atoms with van der Waals surface area (Å²) in [6.07, 6.45) is 1.69. The highest BCUT2D eigenvalue weighted by Crippen LogP contribution is 2.26. The van der Waals surface area contributed by atoms with Crippen molar-refractivity contribution in [2.24, 2.45) is 0 Å². The molecule has 0 atom stereocenters. The number of para-hydroxylation sites is 1. The topological polar surface area (TPSA) is 73.5 Å². The maximum Gasteiger partial charge on any atom is 0.211 e. The van der Waals surface area contributed by atoms with Gasteiger partial charge in [-0.1, -0.05) is 6.07 Å². The van der Waals surface area contributed by atoms with E-state index >= 15 is 0 Å². The smallest absolute Gasteiger partial charge is 0.211 e. The number of likely N-dealkylation sites (N-methyl/N-ethyl adjacent to an activating group) is 1. The van der Waals surface area contributed by atoms with Crippen molar-refractivity contribution >= 4 is 23.1 Å². The molecule has 0 unspecified atom stereocenters. The van der Waals surface area contributed by atoms with Crippen molar-refractivity contribution < 1.29 is 9.53 Å². The number of H-pyrrole nitrogens is 1. The molecule has 29 heavy (non-hydrogen) atoms. The van der Waals surface area contributed by atoms with Crippen molar-refractivity contribution in [3.8, 4) is 17.1 Å². The van der Waals surface area contributed by atoms with E-state index in [0.717, 1.165) is 73.9 Å². The molecule has 3 aromatic rings. The van der Waals surface area contributed by atoms with Crippen LogP contribution in [0.3, 0.4) is 0 Å². The number of benzene rings is 2. The molecule has 1 aliphatic heterocycles. The average molecular weight is 393 g/mol. The average Bonchev–Trinajstić information content (AvgIpc) is 3.19. The van der Waals surface area contributed by atoms with Crippen molar-refractivity contribution in [2.75, 3.05) is 51.7 Å². The Bertz CT molecular complexity index is 945. The molecule has 2 aromatic carbocycles. The molecule has 1 fully saturated rings. The quantitative estimate of drug-likeness (QED) is 0.455. The Kier molecular flexibility index (Phi) is 6.07. The molecule has 0 spiro atoms. The molecule has 2 heterocycles. The number of imidazole rings is 1. The zero-order valence-electron chi connectivity index (χ0n) is 16.7. The molecule has 4 rings (SSSR count). The van der Waals surface area contributed by atoms with Gasteiger partial charge in [-0.15, -0.1) is 0 Å². The third-order valence-electron chi connectivity index (χ3n) is 5.34. The molecule has 152 valence electrons. The van der Waals surface area contributed by atoms with Crippen LogP contribution in [0, 0.1) is 0 Å². The summed E-state index contributed by atoms with van der Waals surface area (Å²) in [7, 11) is 2.18. The van der Waals surface area contributed by atoms with E-state index in [1.807, 2.05) is 42.5 Å². The lowest BCUT2D eigenvalue weighted by molar-refractivity contribution is -0.105. The molecule has 7 nitrogen and oxygen atoms in total. The van der Waals surface area contributed by atoms with Gasteiger partial charge in [0.05, 0.1) is 17.8 Å². The second-order valence-corrected chi connectivity index (χ2v) is 7.42. The van der Waals surface area contributed by atoms with Crippen LogP contribution in [0.15, 0.2) is 42.5 Å². The van der Waals surface area contributed by atoms with Crippen LogP contribution in [-0.2, 0) is 4.79 Å². The van der Waals surface area contributed by atoms with Gasteiger partial charge in [0.15, 0.2) is 0 Å². The Labute approximate surface area is 170 Å². The number of rotatable bonds is 8. The summed E-state index contributed by atoms with van der Waals surface area (Å²) >= 11 is 0. The van der Waals surface area contributed by atoms with Gasteiger partial charge in [0.2, 0.25) is 6.41 Å². The molecule has 0 aliphatic carbocycles. The number of hydrogen-bond acceptors (Lipinski definition) is 5. The third-order valence-corrected chi connectivity index (χ3v) is 5.34. The van der Waals surface area contributed by atoms with Gasteiger partial charge in [-0.2, -0.15) is 0 Å². The highest BCUT2D eigenvalue weighted by molar-refractivity contribution is 5.94. The summed E-state index contributed by atoms with van der Waals surface area (Å²) < 4.78 is 5.90. The Balaban J connectivity index is 1.33. The summed E-state index contributed by atoms with van der Waals surface area (Å²) in [6.45, 7) is 6.40. The molecule has 0 bridgehead atoms. The number of amides is 1. The number of aromatic amines is 1. The predicted octanol–water partition coefficient (Wildman–Crippen LogP) is 2.81. The molecule has 1 aliphatic rings. The van der Waals surface area contributed by atoms with E-state index in [2.05, 4.69) is 32.1 Å². The minimum atomic E-state index is 0.666. The first-order valence-electron chi connectivity index (χ1n) is 10.1. The number of ether oxygens (including phenoxy) is 1. The van der Waals surface area contributed by atoms with Crippen molar-refractivity contribution in [3.63, 3.8) is 0 Å². The largest absolute Gasteiger partial charge is 0.494 e. The van der Waals surface area contributed by atoms with E-state index in [1.54, 1.807) is 0 Å². The van der Waals surface area contributed by atoms with E-state index in [9.17, 15) is 4.79 Å². The first kappa shape index (κ1) is 19.4.